The highest BCUT2D eigenvalue weighted by Gasteiger charge is 2.17. The molecular formula is C14H18N4O3. The number of nitrogens with one attached hydrogen (secondary N) is 1. The van der Waals surface area contributed by atoms with Gasteiger partial charge in [0.2, 0.25) is 11.6 Å². The smallest absolute Gasteiger partial charge is 0.228 e. The summed E-state index contributed by atoms with van der Waals surface area (Å²) in [6.07, 6.45) is 2.04. The Bertz CT molecular complexity index is 597. The number of para-hydroxylation sites is 1. The molecule has 0 aliphatic carbocycles. The lowest BCUT2D eigenvalue weighted by atomic mass is 10.2. The van der Waals surface area contributed by atoms with Gasteiger partial charge < -0.3 is 19.6 Å². The molecule has 0 spiro atoms. The van der Waals surface area contributed by atoms with E-state index in [0.29, 0.717) is 35.4 Å². The maximum Gasteiger partial charge on any atom is 0.228 e. The summed E-state index contributed by atoms with van der Waals surface area (Å²) >= 11 is 0. The molecule has 0 unspecified atom stereocenters. The summed E-state index contributed by atoms with van der Waals surface area (Å²) < 4.78 is 16.5. The molecule has 1 aromatic carbocycles. The molecule has 0 aliphatic heterocycles. The van der Waals surface area contributed by atoms with E-state index in [-0.39, 0.29) is 0 Å². The lowest BCUT2D eigenvalue weighted by molar-refractivity contribution is 0.340. The van der Waals surface area contributed by atoms with Crippen LogP contribution in [0.2, 0.25) is 0 Å². The fourth-order valence-corrected chi connectivity index (χ4v) is 1.94. The van der Waals surface area contributed by atoms with Gasteiger partial charge in [-0.25, -0.2) is 15.8 Å². The third-order valence-electron chi connectivity index (χ3n) is 2.98. The average Bonchev–Trinajstić information content (AvgIpc) is 2.54. The Morgan fingerprint density at radius 1 is 1.14 bits per heavy atom. The van der Waals surface area contributed by atoms with Gasteiger partial charge in [-0.3, -0.25) is 0 Å². The van der Waals surface area contributed by atoms with Crippen molar-refractivity contribution in [3.8, 4) is 23.1 Å². The van der Waals surface area contributed by atoms with E-state index in [4.69, 9.17) is 20.1 Å². The lowest BCUT2D eigenvalue weighted by Gasteiger charge is -2.15. The van der Waals surface area contributed by atoms with Crippen LogP contribution in [0.4, 0.5) is 5.82 Å². The van der Waals surface area contributed by atoms with E-state index in [0.717, 1.165) is 5.56 Å². The minimum absolute atomic E-state index is 0.406. The highest BCUT2D eigenvalue weighted by Crippen LogP contribution is 2.40. The molecule has 112 valence electrons. The van der Waals surface area contributed by atoms with E-state index in [2.05, 4.69) is 15.4 Å². The van der Waals surface area contributed by atoms with Crippen LogP contribution in [0.1, 0.15) is 12.5 Å². The predicted molar refractivity (Wildman–Crippen MR) is 78.8 cm³/mol. The molecule has 1 aromatic heterocycles. The van der Waals surface area contributed by atoms with Crippen LogP contribution in [0.5, 0.6) is 23.1 Å². The van der Waals surface area contributed by atoms with Crippen LogP contribution in [-0.2, 0) is 6.42 Å². The standard InChI is InChI=1S/C14H18N4O3/c1-4-9-13(18-15)16-8-17-14(9)21-12-10(19-2)6-5-7-11(12)20-3/h5-8H,4,15H2,1-3H3,(H,16,17,18). The molecule has 0 bridgehead atoms. The largest absolute Gasteiger partial charge is 0.493 e. The van der Waals surface area contributed by atoms with E-state index < -0.39 is 0 Å². The van der Waals surface area contributed by atoms with Crippen LogP contribution in [0.25, 0.3) is 0 Å². The van der Waals surface area contributed by atoms with Gasteiger partial charge in [-0.1, -0.05) is 13.0 Å². The van der Waals surface area contributed by atoms with E-state index in [1.165, 1.54) is 6.33 Å². The molecule has 0 amide bonds. The summed E-state index contributed by atoms with van der Waals surface area (Å²) in [5.74, 6) is 7.95. The van der Waals surface area contributed by atoms with E-state index >= 15 is 0 Å². The Labute approximate surface area is 123 Å². The predicted octanol–water partition coefficient (Wildman–Crippen LogP) is 2.13. The van der Waals surface area contributed by atoms with E-state index in [1.54, 1.807) is 26.4 Å². The van der Waals surface area contributed by atoms with Crippen molar-refractivity contribution in [1.29, 1.82) is 0 Å². The maximum atomic E-state index is 5.89. The number of nitrogens with two attached hydrogens (primary N) is 1. The van der Waals surface area contributed by atoms with Gasteiger partial charge >= 0.3 is 0 Å². The molecule has 7 heteroatoms. The van der Waals surface area contributed by atoms with Gasteiger partial charge in [-0.15, -0.1) is 0 Å². The number of nitrogens with zero attached hydrogens (tertiary/aromatic N) is 2. The maximum absolute atomic E-state index is 5.89. The molecule has 3 N–H and O–H groups in total. The van der Waals surface area contributed by atoms with Crippen molar-refractivity contribution in [1.82, 2.24) is 9.97 Å². The van der Waals surface area contributed by atoms with Crippen LogP contribution >= 0.6 is 0 Å². The number of anilines is 1. The van der Waals surface area contributed by atoms with Crippen LogP contribution in [-0.4, -0.2) is 24.2 Å². The zero-order chi connectivity index (χ0) is 15.2. The molecule has 0 saturated heterocycles. The second kappa shape index (κ2) is 6.76. The third-order valence-corrected chi connectivity index (χ3v) is 2.98. The molecule has 2 rings (SSSR count). The second-order valence-electron chi connectivity index (χ2n) is 4.10. The minimum Gasteiger partial charge on any atom is -0.493 e. The zero-order valence-electron chi connectivity index (χ0n) is 12.2. The number of hydrazine groups is 1. The molecule has 1 heterocycles. The Kier molecular flexibility index (Phi) is 4.78. The van der Waals surface area contributed by atoms with Gasteiger partial charge in [0.1, 0.15) is 12.1 Å². The first kappa shape index (κ1) is 14.9. The van der Waals surface area contributed by atoms with Crippen molar-refractivity contribution in [3.05, 3.63) is 30.1 Å². The topological polar surface area (TPSA) is 91.5 Å². The summed E-state index contributed by atoms with van der Waals surface area (Å²) in [4.78, 5) is 8.23. The fraction of sp³-hybridized carbons (Fsp3) is 0.286. The molecule has 21 heavy (non-hydrogen) atoms. The molecule has 0 fully saturated rings. The number of aromatic nitrogens is 2. The number of methoxy groups -OCH3 is 2. The van der Waals surface area contributed by atoms with Crippen molar-refractivity contribution in [2.75, 3.05) is 19.6 Å². The monoisotopic (exact) mass is 290 g/mol. The summed E-state index contributed by atoms with van der Waals surface area (Å²) in [5.41, 5.74) is 3.31. The van der Waals surface area contributed by atoms with Gasteiger partial charge in [-0.05, 0) is 18.6 Å². The molecular weight excluding hydrogens is 272 g/mol. The number of hydrogen-bond donors (Lipinski definition) is 2. The van der Waals surface area contributed by atoms with Gasteiger partial charge in [-0.2, -0.15) is 0 Å². The first-order chi connectivity index (χ1) is 10.2. The fourth-order valence-electron chi connectivity index (χ4n) is 1.94. The molecule has 7 nitrogen and oxygen atoms in total. The first-order valence-electron chi connectivity index (χ1n) is 6.44. The van der Waals surface area contributed by atoms with Crippen LogP contribution in [0.15, 0.2) is 24.5 Å². The highest BCUT2D eigenvalue weighted by molar-refractivity contribution is 5.55. The summed E-state index contributed by atoms with van der Waals surface area (Å²) in [7, 11) is 3.13. The van der Waals surface area contributed by atoms with Gasteiger partial charge in [0, 0.05) is 0 Å². The van der Waals surface area contributed by atoms with Gasteiger partial charge in [0.15, 0.2) is 11.5 Å². The Hall–Kier alpha value is -2.54. The first-order valence-corrected chi connectivity index (χ1v) is 6.44. The van der Waals surface area contributed by atoms with Crippen molar-refractivity contribution in [3.63, 3.8) is 0 Å². The van der Waals surface area contributed by atoms with Crippen molar-refractivity contribution in [2.45, 2.75) is 13.3 Å². The van der Waals surface area contributed by atoms with Crippen LogP contribution < -0.4 is 25.5 Å². The Morgan fingerprint density at radius 2 is 1.81 bits per heavy atom. The van der Waals surface area contributed by atoms with E-state index in [1.807, 2.05) is 13.0 Å². The third kappa shape index (κ3) is 2.97. The van der Waals surface area contributed by atoms with E-state index in [9.17, 15) is 0 Å². The van der Waals surface area contributed by atoms with Crippen molar-refractivity contribution in [2.24, 2.45) is 5.84 Å². The Balaban J connectivity index is 2.47. The summed E-state index contributed by atoms with van der Waals surface area (Å²) in [6.45, 7) is 1.96. The molecule has 0 saturated carbocycles. The normalized spacial score (nSPS) is 10.1. The number of benzene rings is 1. The molecule has 0 radical (unpaired) electrons. The SMILES string of the molecule is CCc1c(NN)ncnc1Oc1c(OC)cccc1OC. The van der Waals surface area contributed by atoms with Gasteiger partial charge in [0.05, 0.1) is 19.8 Å². The van der Waals surface area contributed by atoms with Crippen LogP contribution in [0.3, 0.4) is 0 Å². The number of nitrogen functional groups attached to an aromatic ring is 1. The molecule has 0 aliphatic rings. The lowest BCUT2D eigenvalue weighted by Crippen LogP contribution is -2.12. The zero-order valence-corrected chi connectivity index (χ0v) is 12.2. The van der Waals surface area contributed by atoms with Crippen molar-refractivity contribution >= 4 is 5.82 Å². The second-order valence-corrected chi connectivity index (χ2v) is 4.10. The number of ether oxygens (including phenoxy) is 3. The number of rotatable bonds is 6. The molecule has 0 atom stereocenters. The molecule has 2 aromatic rings. The van der Waals surface area contributed by atoms with Crippen LogP contribution in [0, 0.1) is 0 Å². The Morgan fingerprint density at radius 3 is 2.33 bits per heavy atom. The van der Waals surface area contributed by atoms with Crippen molar-refractivity contribution < 1.29 is 14.2 Å². The summed E-state index contributed by atoms with van der Waals surface area (Å²) in [5, 5.41) is 0. The average molecular weight is 290 g/mol. The quantitative estimate of drug-likeness (QED) is 0.622. The minimum atomic E-state index is 0.406. The van der Waals surface area contributed by atoms with Gasteiger partial charge in [0.25, 0.3) is 0 Å². The highest BCUT2D eigenvalue weighted by atomic mass is 16.5. The number of hydrogen-bond acceptors (Lipinski definition) is 7. The summed E-state index contributed by atoms with van der Waals surface area (Å²) in [6, 6.07) is 5.39.